The van der Waals surface area contributed by atoms with E-state index in [0.717, 1.165) is 55.5 Å². The molecule has 0 saturated heterocycles. The lowest BCUT2D eigenvalue weighted by atomic mass is 10.1. The van der Waals surface area contributed by atoms with E-state index in [1.807, 2.05) is 24.3 Å². The van der Waals surface area contributed by atoms with Gasteiger partial charge in [-0.15, -0.1) is 0 Å². The van der Waals surface area contributed by atoms with Crippen LogP contribution in [0.2, 0.25) is 0 Å². The van der Waals surface area contributed by atoms with Gasteiger partial charge in [-0.3, -0.25) is 4.79 Å². The van der Waals surface area contributed by atoms with E-state index in [1.165, 1.54) is 16.7 Å². The number of hydrogen-bond donors (Lipinski definition) is 2. The molecule has 7 nitrogen and oxygen atoms in total. The zero-order valence-electron chi connectivity index (χ0n) is 24.5. The van der Waals surface area contributed by atoms with E-state index in [-0.39, 0.29) is 5.91 Å². The van der Waals surface area contributed by atoms with E-state index in [4.69, 9.17) is 18.6 Å². The summed E-state index contributed by atoms with van der Waals surface area (Å²) in [6.07, 6.45) is 4.18. The lowest BCUT2D eigenvalue weighted by Gasteiger charge is -2.08. The van der Waals surface area contributed by atoms with Gasteiger partial charge in [-0.25, -0.2) is 0 Å². The minimum Gasteiger partial charge on any atom is -0.461 e. The molecule has 224 valence electrons. The van der Waals surface area contributed by atoms with Crippen LogP contribution in [-0.2, 0) is 44.8 Å². The summed E-state index contributed by atoms with van der Waals surface area (Å²) in [6.45, 7) is 5.24. The van der Waals surface area contributed by atoms with Crippen molar-refractivity contribution in [2.24, 2.45) is 0 Å². The Hall–Kier alpha value is -3.49. The first-order chi connectivity index (χ1) is 20.8. The molecule has 0 saturated carbocycles. The largest absolute Gasteiger partial charge is 0.461 e. The van der Waals surface area contributed by atoms with Crippen LogP contribution in [0.3, 0.4) is 0 Å². The summed E-state index contributed by atoms with van der Waals surface area (Å²) in [5.74, 6) is 1.09. The molecular formula is C35H44N2O5. The first-order valence-corrected chi connectivity index (χ1v) is 15.1. The quantitative estimate of drug-likeness (QED) is 0.128. The summed E-state index contributed by atoms with van der Waals surface area (Å²) in [5.41, 5.74) is 4.72. The van der Waals surface area contributed by atoms with Gasteiger partial charge in [-0.1, -0.05) is 72.8 Å². The second-order valence-corrected chi connectivity index (χ2v) is 10.3. The number of ether oxygens (including phenoxy) is 3. The molecule has 0 aliphatic carbocycles. The summed E-state index contributed by atoms with van der Waals surface area (Å²) in [6, 6.07) is 29.3. The monoisotopic (exact) mass is 572 g/mol. The van der Waals surface area contributed by atoms with E-state index in [0.29, 0.717) is 52.6 Å². The third-order valence-corrected chi connectivity index (χ3v) is 6.92. The highest BCUT2D eigenvalue weighted by molar-refractivity contribution is 5.78. The molecule has 3 aromatic carbocycles. The van der Waals surface area contributed by atoms with Crippen LogP contribution in [0.5, 0.6) is 0 Å². The Morgan fingerprint density at radius 2 is 1.29 bits per heavy atom. The van der Waals surface area contributed by atoms with E-state index < -0.39 is 0 Å². The molecule has 1 heterocycles. The van der Waals surface area contributed by atoms with Gasteiger partial charge in [0, 0.05) is 37.9 Å². The van der Waals surface area contributed by atoms with Gasteiger partial charge in [0.1, 0.15) is 11.3 Å². The highest BCUT2D eigenvalue weighted by Crippen LogP contribution is 2.22. The van der Waals surface area contributed by atoms with Gasteiger partial charge in [0.05, 0.1) is 39.6 Å². The normalized spacial score (nSPS) is 11.2. The summed E-state index contributed by atoms with van der Waals surface area (Å²) in [7, 11) is 0. The number of furan rings is 1. The van der Waals surface area contributed by atoms with Gasteiger partial charge >= 0.3 is 0 Å². The smallest absolute Gasteiger partial charge is 0.220 e. The van der Waals surface area contributed by atoms with Gasteiger partial charge in [-0.05, 0) is 48.1 Å². The van der Waals surface area contributed by atoms with Crippen LogP contribution in [0.4, 0.5) is 0 Å². The van der Waals surface area contributed by atoms with Crippen LogP contribution in [0.25, 0.3) is 11.0 Å². The molecule has 42 heavy (non-hydrogen) atoms. The van der Waals surface area contributed by atoms with Crippen LogP contribution in [0.15, 0.2) is 89.3 Å². The number of fused-ring (bicyclic) bond motifs is 1. The molecule has 0 unspecified atom stereocenters. The summed E-state index contributed by atoms with van der Waals surface area (Å²) in [4.78, 5) is 11.9. The molecule has 1 aromatic heterocycles. The van der Waals surface area contributed by atoms with Crippen molar-refractivity contribution in [2.75, 3.05) is 52.7 Å². The molecule has 0 bridgehead atoms. The van der Waals surface area contributed by atoms with Gasteiger partial charge in [0.15, 0.2) is 0 Å². The van der Waals surface area contributed by atoms with Crippen LogP contribution < -0.4 is 10.6 Å². The molecular weight excluding hydrogens is 528 g/mol. The fraction of sp³-hybridized carbons (Fsp3) is 0.400. The number of aryl methyl sites for hydroxylation is 3. The van der Waals surface area contributed by atoms with Gasteiger partial charge in [-0.2, -0.15) is 0 Å². The van der Waals surface area contributed by atoms with Crippen molar-refractivity contribution in [3.8, 4) is 0 Å². The third kappa shape index (κ3) is 12.2. The molecule has 2 N–H and O–H groups in total. The second kappa shape index (κ2) is 18.8. The van der Waals surface area contributed by atoms with Gasteiger partial charge in [0.2, 0.25) is 5.91 Å². The lowest BCUT2D eigenvalue weighted by molar-refractivity contribution is -0.121. The van der Waals surface area contributed by atoms with Crippen LogP contribution in [-0.4, -0.2) is 58.6 Å². The maximum Gasteiger partial charge on any atom is 0.220 e. The van der Waals surface area contributed by atoms with Crippen molar-refractivity contribution >= 4 is 16.9 Å². The first-order valence-electron chi connectivity index (χ1n) is 15.1. The Morgan fingerprint density at radius 1 is 0.643 bits per heavy atom. The summed E-state index contributed by atoms with van der Waals surface area (Å²) in [5, 5.41) is 7.46. The number of amides is 1. The summed E-state index contributed by atoms with van der Waals surface area (Å²) < 4.78 is 22.8. The van der Waals surface area contributed by atoms with Crippen LogP contribution >= 0.6 is 0 Å². The fourth-order valence-corrected chi connectivity index (χ4v) is 4.64. The molecule has 7 heteroatoms. The van der Waals surface area contributed by atoms with E-state index >= 15 is 0 Å². The standard InChI is InChI=1S/C35H44N2O5/c38-35(13-7-12-29-8-3-1-4-9-29)37-19-21-40-23-25-41-24-22-39-20-18-36-28-31-14-16-32-27-33(42-34(32)26-31)17-15-30-10-5-2-6-11-30/h1-6,8-11,14,16,26-27,36H,7,12-13,15,17-25,28H2,(H,37,38). The molecule has 1 amide bonds. The van der Waals surface area contributed by atoms with Crippen LogP contribution in [0.1, 0.15) is 35.3 Å². The number of carbonyl (C=O) groups is 1. The summed E-state index contributed by atoms with van der Waals surface area (Å²) >= 11 is 0. The Bertz CT molecular complexity index is 1290. The minimum absolute atomic E-state index is 0.0692. The van der Waals surface area contributed by atoms with E-state index in [2.05, 4.69) is 71.3 Å². The van der Waals surface area contributed by atoms with Crippen molar-refractivity contribution in [1.29, 1.82) is 0 Å². The Kier molecular flexibility index (Phi) is 14.1. The number of rotatable bonds is 21. The SMILES string of the molecule is O=C(CCCc1ccccc1)NCCOCCOCCOCCNCc1ccc2cc(CCc3ccccc3)oc2c1. The number of nitrogens with one attached hydrogen (secondary N) is 2. The number of hydrogen-bond acceptors (Lipinski definition) is 6. The average Bonchev–Trinajstić information content (AvgIpc) is 3.43. The third-order valence-electron chi connectivity index (χ3n) is 6.92. The van der Waals surface area contributed by atoms with Crippen molar-refractivity contribution in [3.63, 3.8) is 0 Å². The zero-order valence-corrected chi connectivity index (χ0v) is 24.5. The molecule has 4 aromatic rings. The fourth-order valence-electron chi connectivity index (χ4n) is 4.64. The molecule has 0 aliphatic rings. The molecule has 0 fully saturated rings. The van der Waals surface area contributed by atoms with Gasteiger partial charge in [0.25, 0.3) is 0 Å². The Balaban J connectivity index is 0.931. The average molecular weight is 573 g/mol. The highest BCUT2D eigenvalue weighted by atomic mass is 16.5. The minimum atomic E-state index is 0.0692. The Labute approximate surface area is 249 Å². The zero-order chi connectivity index (χ0) is 29.1. The topological polar surface area (TPSA) is 82.0 Å². The maximum absolute atomic E-state index is 11.9. The molecule has 0 radical (unpaired) electrons. The van der Waals surface area contributed by atoms with Crippen molar-refractivity contribution in [1.82, 2.24) is 10.6 Å². The highest BCUT2D eigenvalue weighted by Gasteiger charge is 2.06. The predicted octanol–water partition coefficient (Wildman–Crippen LogP) is 5.50. The second-order valence-electron chi connectivity index (χ2n) is 10.3. The number of carbonyl (C=O) groups excluding carboxylic acids is 1. The predicted molar refractivity (Wildman–Crippen MR) is 167 cm³/mol. The maximum atomic E-state index is 11.9. The van der Waals surface area contributed by atoms with Gasteiger partial charge < -0.3 is 29.3 Å². The molecule has 0 aliphatic heterocycles. The lowest BCUT2D eigenvalue weighted by Crippen LogP contribution is -2.27. The van der Waals surface area contributed by atoms with Crippen molar-refractivity contribution in [3.05, 3.63) is 107 Å². The molecule has 0 atom stereocenters. The molecule has 0 spiro atoms. The number of benzene rings is 3. The van der Waals surface area contributed by atoms with Crippen LogP contribution in [0, 0.1) is 0 Å². The van der Waals surface area contributed by atoms with E-state index in [9.17, 15) is 4.79 Å². The van der Waals surface area contributed by atoms with E-state index in [1.54, 1.807) is 0 Å². The first kappa shape index (κ1) is 31.4. The molecule has 4 rings (SSSR count). The van der Waals surface area contributed by atoms with Crippen molar-refractivity contribution in [2.45, 2.75) is 38.6 Å². The Morgan fingerprint density at radius 3 is 2.00 bits per heavy atom. The van der Waals surface area contributed by atoms with Crippen molar-refractivity contribution < 1.29 is 23.4 Å².